The lowest BCUT2D eigenvalue weighted by molar-refractivity contribution is -0.161. The Labute approximate surface area is 119 Å². The lowest BCUT2D eigenvalue weighted by Gasteiger charge is -2.28. The molecule has 1 saturated heterocycles. The number of ether oxygens (including phenoxy) is 4. The van der Waals surface area contributed by atoms with Crippen molar-refractivity contribution in [1.29, 1.82) is 0 Å². The van der Waals surface area contributed by atoms with E-state index in [1.165, 1.54) is 0 Å². The van der Waals surface area contributed by atoms with Gasteiger partial charge in [0, 0.05) is 0 Å². The van der Waals surface area contributed by atoms with Crippen molar-refractivity contribution in [2.24, 2.45) is 0 Å². The molecule has 5 heteroatoms. The molecule has 0 saturated carbocycles. The Kier molecular flexibility index (Phi) is 6.64. The zero-order valence-corrected chi connectivity index (χ0v) is 11.9. The maximum Gasteiger partial charge on any atom is 0.341 e. The molecular weight excluding hydrogens is 260 g/mol. The minimum atomic E-state index is -1.17. The number of hydrogen-bond donors (Lipinski definition) is 0. The highest BCUT2D eigenvalue weighted by atomic mass is 16.6. The molecule has 0 unspecified atom stereocenters. The molecule has 3 atom stereocenters. The minimum Gasteiger partial charge on any atom is -0.455 e. The highest BCUT2D eigenvalue weighted by Crippen LogP contribution is 2.32. The summed E-state index contributed by atoms with van der Waals surface area (Å²) in [5.74, 6) is -0.458. The zero-order valence-electron chi connectivity index (χ0n) is 11.9. The van der Waals surface area contributed by atoms with Crippen LogP contribution in [0.1, 0.15) is 6.92 Å². The standard InChI is InChI=1S/C15H22O5/c1-5-8-17-11-12-13(18-9-6-2)15(4,14(16)20-12)19-10-7-3/h5-7,12-13H,1-3,8-11H2,4H3/t12-,13-,15-/m1/s1. The van der Waals surface area contributed by atoms with Crippen LogP contribution in [-0.4, -0.2) is 50.2 Å². The molecule has 1 rings (SSSR count). The van der Waals surface area contributed by atoms with Crippen LogP contribution in [0.2, 0.25) is 0 Å². The van der Waals surface area contributed by atoms with E-state index < -0.39 is 23.8 Å². The Morgan fingerprint density at radius 1 is 1.20 bits per heavy atom. The predicted octanol–water partition coefficient (Wildman–Crippen LogP) is 1.65. The summed E-state index contributed by atoms with van der Waals surface area (Å²) in [4.78, 5) is 12.1. The molecule has 1 aliphatic heterocycles. The van der Waals surface area contributed by atoms with E-state index in [0.717, 1.165) is 0 Å². The Bertz CT molecular complexity index is 365. The van der Waals surface area contributed by atoms with E-state index in [1.54, 1.807) is 25.2 Å². The second-order valence-corrected chi connectivity index (χ2v) is 4.52. The molecule has 0 aromatic rings. The van der Waals surface area contributed by atoms with Gasteiger partial charge in [-0.05, 0) is 6.92 Å². The Hall–Kier alpha value is -1.43. The van der Waals surface area contributed by atoms with E-state index in [0.29, 0.717) is 13.2 Å². The fourth-order valence-electron chi connectivity index (χ4n) is 1.99. The van der Waals surface area contributed by atoms with Crippen molar-refractivity contribution in [1.82, 2.24) is 0 Å². The first-order valence-electron chi connectivity index (χ1n) is 6.47. The monoisotopic (exact) mass is 282 g/mol. The first-order valence-corrected chi connectivity index (χ1v) is 6.47. The van der Waals surface area contributed by atoms with Gasteiger partial charge in [-0.15, -0.1) is 19.7 Å². The maximum atomic E-state index is 12.1. The van der Waals surface area contributed by atoms with Crippen LogP contribution >= 0.6 is 0 Å². The molecule has 0 aliphatic carbocycles. The predicted molar refractivity (Wildman–Crippen MR) is 75.4 cm³/mol. The van der Waals surface area contributed by atoms with E-state index in [2.05, 4.69) is 19.7 Å². The summed E-state index contributed by atoms with van der Waals surface area (Å²) in [5, 5.41) is 0. The van der Waals surface area contributed by atoms with Gasteiger partial charge in [0.2, 0.25) is 0 Å². The van der Waals surface area contributed by atoms with Gasteiger partial charge in [-0.25, -0.2) is 4.79 Å². The largest absolute Gasteiger partial charge is 0.455 e. The maximum absolute atomic E-state index is 12.1. The number of cyclic esters (lactones) is 1. The first kappa shape index (κ1) is 16.6. The smallest absolute Gasteiger partial charge is 0.341 e. The summed E-state index contributed by atoms with van der Waals surface area (Å²) in [7, 11) is 0. The number of esters is 1. The summed E-state index contributed by atoms with van der Waals surface area (Å²) < 4.78 is 21.9. The normalized spacial score (nSPS) is 28.9. The molecule has 5 nitrogen and oxygen atoms in total. The van der Waals surface area contributed by atoms with Gasteiger partial charge >= 0.3 is 5.97 Å². The van der Waals surface area contributed by atoms with Crippen molar-refractivity contribution >= 4 is 5.97 Å². The minimum absolute atomic E-state index is 0.229. The molecule has 0 aromatic carbocycles. The Balaban J connectivity index is 2.79. The van der Waals surface area contributed by atoms with Gasteiger partial charge in [0.15, 0.2) is 11.7 Å². The SMILES string of the molecule is C=CCOC[C@H]1OC(=O)[C@](C)(OCC=C)[C@@H]1OCC=C. The van der Waals surface area contributed by atoms with Gasteiger partial charge in [-0.2, -0.15) is 0 Å². The van der Waals surface area contributed by atoms with E-state index in [1.807, 2.05) is 0 Å². The molecule has 112 valence electrons. The third kappa shape index (κ3) is 3.79. The highest BCUT2D eigenvalue weighted by molar-refractivity contribution is 5.82. The number of hydrogen-bond acceptors (Lipinski definition) is 5. The van der Waals surface area contributed by atoms with Crippen LogP contribution in [-0.2, 0) is 23.7 Å². The summed E-state index contributed by atoms with van der Waals surface area (Å²) in [6.07, 6.45) is 3.74. The summed E-state index contributed by atoms with van der Waals surface area (Å²) >= 11 is 0. The van der Waals surface area contributed by atoms with Gasteiger partial charge in [0.05, 0.1) is 26.4 Å². The molecule has 1 aliphatic rings. The van der Waals surface area contributed by atoms with E-state index in [4.69, 9.17) is 18.9 Å². The third-order valence-electron chi connectivity index (χ3n) is 2.96. The average molecular weight is 282 g/mol. The fourth-order valence-corrected chi connectivity index (χ4v) is 1.99. The van der Waals surface area contributed by atoms with Crippen molar-refractivity contribution in [2.45, 2.75) is 24.7 Å². The molecule has 20 heavy (non-hydrogen) atoms. The number of carbonyl (C=O) groups is 1. The molecular formula is C15H22O5. The number of rotatable bonds is 10. The zero-order chi connectivity index (χ0) is 15.0. The van der Waals surface area contributed by atoms with E-state index >= 15 is 0 Å². The van der Waals surface area contributed by atoms with Crippen LogP contribution in [0.3, 0.4) is 0 Å². The third-order valence-corrected chi connectivity index (χ3v) is 2.96. The van der Waals surface area contributed by atoms with Gasteiger partial charge in [0.1, 0.15) is 6.10 Å². The fraction of sp³-hybridized carbons (Fsp3) is 0.533. The van der Waals surface area contributed by atoms with Crippen LogP contribution in [0.5, 0.6) is 0 Å². The van der Waals surface area contributed by atoms with Crippen LogP contribution in [0.4, 0.5) is 0 Å². The van der Waals surface area contributed by atoms with Gasteiger partial charge in [-0.1, -0.05) is 18.2 Å². The van der Waals surface area contributed by atoms with Gasteiger partial charge in [0.25, 0.3) is 0 Å². The van der Waals surface area contributed by atoms with Crippen molar-refractivity contribution < 1.29 is 23.7 Å². The van der Waals surface area contributed by atoms with Crippen molar-refractivity contribution in [3.63, 3.8) is 0 Å². The van der Waals surface area contributed by atoms with Crippen LogP contribution in [0.25, 0.3) is 0 Å². The summed E-state index contributed by atoms with van der Waals surface area (Å²) in [6, 6.07) is 0. The second-order valence-electron chi connectivity index (χ2n) is 4.52. The summed E-state index contributed by atoms with van der Waals surface area (Å²) in [5.41, 5.74) is -1.17. The summed E-state index contributed by atoms with van der Waals surface area (Å²) in [6.45, 7) is 13.5. The van der Waals surface area contributed by atoms with Gasteiger partial charge in [-0.3, -0.25) is 0 Å². The number of carbonyl (C=O) groups excluding carboxylic acids is 1. The second kappa shape index (κ2) is 7.99. The topological polar surface area (TPSA) is 54.0 Å². The quantitative estimate of drug-likeness (QED) is 0.346. The molecule has 0 radical (unpaired) electrons. The molecule has 0 bridgehead atoms. The molecule has 1 fully saturated rings. The molecule has 1 heterocycles. The molecule has 0 amide bonds. The highest BCUT2D eigenvalue weighted by Gasteiger charge is 2.56. The van der Waals surface area contributed by atoms with Crippen molar-refractivity contribution in [3.8, 4) is 0 Å². The lowest BCUT2D eigenvalue weighted by Crippen LogP contribution is -2.48. The van der Waals surface area contributed by atoms with Crippen LogP contribution < -0.4 is 0 Å². The molecule has 0 aromatic heterocycles. The molecule has 0 N–H and O–H groups in total. The van der Waals surface area contributed by atoms with Crippen LogP contribution in [0.15, 0.2) is 38.0 Å². The molecule has 0 spiro atoms. The van der Waals surface area contributed by atoms with E-state index in [9.17, 15) is 4.79 Å². The van der Waals surface area contributed by atoms with Crippen molar-refractivity contribution in [3.05, 3.63) is 38.0 Å². The Morgan fingerprint density at radius 2 is 1.85 bits per heavy atom. The van der Waals surface area contributed by atoms with Crippen molar-refractivity contribution in [2.75, 3.05) is 26.4 Å². The van der Waals surface area contributed by atoms with Gasteiger partial charge < -0.3 is 18.9 Å². The Morgan fingerprint density at radius 3 is 2.45 bits per heavy atom. The average Bonchev–Trinajstić information content (AvgIpc) is 2.67. The van der Waals surface area contributed by atoms with Crippen LogP contribution in [0, 0.1) is 0 Å². The lowest BCUT2D eigenvalue weighted by atomic mass is 9.98. The van der Waals surface area contributed by atoms with E-state index in [-0.39, 0.29) is 13.2 Å². The first-order chi connectivity index (χ1) is 9.60.